The zero-order valence-electron chi connectivity index (χ0n) is 19.9. The van der Waals surface area contributed by atoms with E-state index in [9.17, 15) is 9.59 Å². The number of carbonyl (C=O) groups is 2. The molecular weight excluding hydrogens is 440 g/mol. The number of nitrogens with one attached hydrogen (secondary N) is 1. The van der Waals surface area contributed by atoms with Crippen LogP contribution in [-0.4, -0.2) is 57.0 Å². The number of fused-ring (bicyclic) bond motifs is 1. The molecule has 1 saturated carbocycles. The average Bonchev–Trinajstić information content (AvgIpc) is 3.48. The summed E-state index contributed by atoms with van der Waals surface area (Å²) >= 11 is 0. The fourth-order valence-electron chi connectivity index (χ4n) is 3.09. The topological polar surface area (TPSA) is 120 Å². The van der Waals surface area contributed by atoms with Gasteiger partial charge in [-0.1, -0.05) is 0 Å². The number of hydrogen-bond donors (Lipinski definition) is 1. The molecular formula is C23H28N6O5. The van der Waals surface area contributed by atoms with Gasteiger partial charge in [0.2, 0.25) is 5.88 Å². The normalized spacial score (nSPS) is 13.4. The molecule has 0 bridgehead atoms. The van der Waals surface area contributed by atoms with E-state index in [0.29, 0.717) is 23.2 Å². The van der Waals surface area contributed by atoms with Crippen molar-refractivity contribution in [3.8, 4) is 5.88 Å². The Labute approximate surface area is 197 Å². The molecule has 1 fully saturated rings. The second-order valence-corrected chi connectivity index (χ2v) is 8.85. The summed E-state index contributed by atoms with van der Waals surface area (Å²) in [6.45, 7) is 7.27. The van der Waals surface area contributed by atoms with Gasteiger partial charge in [-0.2, -0.15) is 9.61 Å². The highest BCUT2D eigenvalue weighted by molar-refractivity contribution is 5.97. The summed E-state index contributed by atoms with van der Waals surface area (Å²) in [5.74, 6) is 0.587. The summed E-state index contributed by atoms with van der Waals surface area (Å²) in [5, 5.41) is 7.47. The summed E-state index contributed by atoms with van der Waals surface area (Å²) in [4.78, 5) is 35.5. The lowest BCUT2D eigenvalue weighted by Gasteiger charge is -2.25. The SMILES string of the molecule is CCOC(=O)c1cnn2c(N(C)C(=O)OC(C)(C)C)cc(Nc3cccnc3OC3CC3)nc12. The molecule has 1 aliphatic carbocycles. The number of carbonyl (C=O) groups excluding carboxylic acids is 2. The van der Waals surface area contributed by atoms with Gasteiger partial charge in [0.15, 0.2) is 5.65 Å². The zero-order chi connectivity index (χ0) is 24.5. The molecule has 4 rings (SSSR count). The van der Waals surface area contributed by atoms with Crippen molar-refractivity contribution < 1.29 is 23.8 Å². The Morgan fingerprint density at radius 1 is 1.29 bits per heavy atom. The van der Waals surface area contributed by atoms with E-state index in [1.165, 1.54) is 15.6 Å². The number of nitrogens with zero attached hydrogens (tertiary/aromatic N) is 5. The number of hydrogen-bond acceptors (Lipinski definition) is 9. The van der Waals surface area contributed by atoms with Crippen LogP contribution in [0, 0.1) is 0 Å². The van der Waals surface area contributed by atoms with E-state index in [1.54, 1.807) is 53.1 Å². The molecule has 0 aromatic carbocycles. The fourth-order valence-corrected chi connectivity index (χ4v) is 3.09. The minimum atomic E-state index is -0.691. The second kappa shape index (κ2) is 9.16. The van der Waals surface area contributed by atoms with Crippen LogP contribution in [0.2, 0.25) is 0 Å². The van der Waals surface area contributed by atoms with Crippen molar-refractivity contribution in [3.63, 3.8) is 0 Å². The van der Waals surface area contributed by atoms with Crippen molar-refractivity contribution in [1.82, 2.24) is 19.6 Å². The lowest BCUT2D eigenvalue weighted by molar-refractivity contribution is 0.0527. The maximum absolute atomic E-state index is 12.8. The van der Waals surface area contributed by atoms with Crippen LogP contribution in [0.3, 0.4) is 0 Å². The van der Waals surface area contributed by atoms with Crippen molar-refractivity contribution in [3.05, 3.63) is 36.2 Å². The van der Waals surface area contributed by atoms with Crippen LogP contribution in [0.25, 0.3) is 5.65 Å². The lowest BCUT2D eigenvalue weighted by atomic mass is 10.2. The fraction of sp³-hybridized carbons (Fsp3) is 0.435. The smallest absolute Gasteiger partial charge is 0.415 e. The Bertz CT molecular complexity index is 1210. The lowest BCUT2D eigenvalue weighted by Crippen LogP contribution is -2.35. The number of pyridine rings is 1. The maximum Gasteiger partial charge on any atom is 0.415 e. The minimum Gasteiger partial charge on any atom is -0.473 e. The first-order valence-electron chi connectivity index (χ1n) is 11.1. The van der Waals surface area contributed by atoms with Crippen LogP contribution in [0.5, 0.6) is 5.88 Å². The first-order valence-corrected chi connectivity index (χ1v) is 11.1. The van der Waals surface area contributed by atoms with Crippen LogP contribution >= 0.6 is 0 Å². The first-order chi connectivity index (χ1) is 16.2. The second-order valence-electron chi connectivity index (χ2n) is 8.85. The summed E-state index contributed by atoms with van der Waals surface area (Å²) in [6.07, 6.45) is 4.57. The molecule has 3 heterocycles. The Hall–Kier alpha value is -3.89. The molecule has 11 nitrogen and oxygen atoms in total. The molecule has 1 aliphatic rings. The van der Waals surface area contributed by atoms with E-state index in [4.69, 9.17) is 14.2 Å². The quantitative estimate of drug-likeness (QED) is 0.514. The van der Waals surface area contributed by atoms with Crippen LogP contribution in [0.4, 0.5) is 22.1 Å². The molecule has 0 atom stereocenters. The standard InChI is InChI=1S/C23H28N6O5/c1-6-32-21(30)15-13-25-29-18(28(5)22(31)34-23(2,3)4)12-17(27-19(15)29)26-16-8-7-11-24-20(16)33-14-9-10-14/h7-8,11-14H,6,9-10H2,1-5H3,(H,26,27). The third-order valence-electron chi connectivity index (χ3n) is 4.80. The number of amides is 1. The van der Waals surface area contributed by atoms with Crippen molar-refractivity contribution in [2.24, 2.45) is 0 Å². The third-order valence-corrected chi connectivity index (χ3v) is 4.80. The van der Waals surface area contributed by atoms with Crippen LogP contribution in [0.1, 0.15) is 50.9 Å². The van der Waals surface area contributed by atoms with Gasteiger partial charge < -0.3 is 19.5 Å². The van der Waals surface area contributed by atoms with Crippen LogP contribution in [-0.2, 0) is 9.47 Å². The van der Waals surface area contributed by atoms with Crippen molar-refractivity contribution in [1.29, 1.82) is 0 Å². The van der Waals surface area contributed by atoms with Crippen molar-refractivity contribution >= 4 is 35.0 Å². The van der Waals surface area contributed by atoms with E-state index in [0.717, 1.165) is 12.8 Å². The highest BCUT2D eigenvalue weighted by Gasteiger charge is 2.27. The van der Waals surface area contributed by atoms with Crippen LogP contribution < -0.4 is 15.0 Å². The van der Waals surface area contributed by atoms with E-state index in [2.05, 4.69) is 20.4 Å². The Balaban J connectivity index is 1.77. The first kappa shape index (κ1) is 23.3. The van der Waals surface area contributed by atoms with Crippen LogP contribution in [0.15, 0.2) is 30.6 Å². The van der Waals surface area contributed by atoms with Gasteiger partial charge in [0.1, 0.15) is 34.6 Å². The van der Waals surface area contributed by atoms with Gasteiger partial charge >= 0.3 is 12.1 Å². The van der Waals surface area contributed by atoms with E-state index in [-0.39, 0.29) is 23.9 Å². The number of rotatable bonds is 7. The molecule has 0 spiro atoms. The zero-order valence-corrected chi connectivity index (χ0v) is 19.9. The molecule has 0 radical (unpaired) electrons. The minimum absolute atomic E-state index is 0.157. The third kappa shape index (κ3) is 5.19. The largest absolute Gasteiger partial charge is 0.473 e. The summed E-state index contributed by atoms with van der Waals surface area (Å²) < 4.78 is 17.9. The number of esters is 1. The molecule has 3 aromatic heterocycles. The predicted octanol–water partition coefficient (Wildman–Crippen LogP) is 3.96. The number of anilines is 3. The number of ether oxygens (including phenoxy) is 3. The summed E-state index contributed by atoms with van der Waals surface area (Å²) in [7, 11) is 1.56. The Kier molecular flexibility index (Phi) is 6.27. The predicted molar refractivity (Wildman–Crippen MR) is 125 cm³/mol. The highest BCUT2D eigenvalue weighted by Crippen LogP contribution is 2.32. The van der Waals surface area contributed by atoms with Gasteiger partial charge in [0.25, 0.3) is 0 Å². The van der Waals surface area contributed by atoms with E-state index in [1.807, 2.05) is 6.07 Å². The average molecular weight is 469 g/mol. The maximum atomic E-state index is 12.8. The molecule has 0 unspecified atom stereocenters. The summed E-state index contributed by atoms with van der Waals surface area (Å²) in [6, 6.07) is 5.22. The Morgan fingerprint density at radius 3 is 2.74 bits per heavy atom. The molecule has 1 N–H and O–H groups in total. The van der Waals surface area contributed by atoms with E-state index >= 15 is 0 Å². The molecule has 0 saturated heterocycles. The van der Waals surface area contributed by atoms with Gasteiger partial charge in [-0.25, -0.2) is 19.6 Å². The van der Waals surface area contributed by atoms with Gasteiger partial charge in [0.05, 0.1) is 12.8 Å². The summed E-state index contributed by atoms with van der Waals surface area (Å²) in [5.41, 5.74) is 0.311. The van der Waals surface area contributed by atoms with Crippen molar-refractivity contribution in [2.45, 2.75) is 52.2 Å². The molecule has 1 amide bonds. The monoisotopic (exact) mass is 468 g/mol. The molecule has 34 heavy (non-hydrogen) atoms. The van der Waals surface area contributed by atoms with Gasteiger partial charge in [-0.15, -0.1) is 0 Å². The number of aromatic nitrogens is 4. The van der Waals surface area contributed by atoms with Crippen molar-refractivity contribution in [2.75, 3.05) is 23.9 Å². The van der Waals surface area contributed by atoms with Gasteiger partial charge in [-0.3, -0.25) is 4.90 Å². The highest BCUT2D eigenvalue weighted by atomic mass is 16.6. The molecule has 11 heteroatoms. The van der Waals surface area contributed by atoms with Gasteiger partial charge in [-0.05, 0) is 52.7 Å². The molecule has 180 valence electrons. The van der Waals surface area contributed by atoms with E-state index < -0.39 is 17.7 Å². The molecule has 3 aromatic rings. The molecule has 0 aliphatic heterocycles. The Morgan fingerprint density at radius 2 is 2.06 bits per heavy atom. The van der Waals surface area contributed by atoms with Gasteiger partial charge in [0, 0.05) is 19.3 Å².